The van der Waals surface area contributed by atoms with Crippen molar-refractivity contribution in [2.24, 2.45) is 0 Å². The fourth-order valence-corrected chi connectivity index (χ4v) is 1.63. The van der Waals surface area contributed by atoms with Crippen LogP contribution in [-0.2, 0) is 0 Å². The number of nitrogens with zero attached hydrogens (tertiary/aromatic N) is 3. The number of hydrogen-bond acceptors (Lipinski definition) is 4. The number of anilines is 1. The third-order valence-corrected chi connectivity index (χ3v) is 2.46. The molecule has 0 radical (unpaired) electrons. The monoisotopic (exact) mass is 232 g/mol. The van der Waals surface area contributed by atoms with Crippen LogP contribution in [0.3, 0.4) is 0 Å². The average molecular weight is 232 g/mol. The van der Waals surface area contributed by atoms with Crippen LogP contribution < -0.4 is 5.32 Å². The van der Waals surface area contributed by atoms with Crippen molar-refractivity contribution in [1.82, 2.24) is 15.0 Å². The highest BCUT2D eigenvalue weighted by Crippen LogP contribution is 2.25. The minimum atomic E-state index is -0.378. The zero-order valence-electron chi connectivity index (χ0n) is 9.74. The highest BCUT2D eigenvalue weighted by molar-refractivity contribution is 5.67. The molecule has 0 fully saturated rings. The number of pyridine rings is 1. The standard InChI is InChI=1S/C12H13FN4/c1-3-15-12-8(2)11(16-7-17-12)9-4-5-14-6-10(9)13/h4-7H,3H2,1-2H3,(H,15,16,17). The highest BCUT2D eigenvalue weighted by Gasteiger charge is 2.12. The number of hydrogen-bond donors (Lipinski definition) is 1. The molecule has 0 amide bonds. The molecule has 0 atom stereocenters. The third kappa shape index (κ3) is 2.22. The molecule has 1 N–H and O–H groups in total. The van der Waals surface area contributed by atoms with Gasteiger partial charge in [0.15, 0.2) is 5.82 Å². The second-order valence-corrected chi connectivity index (χ2v) is 3.58. The van der Waals surface area contributed by atoms with Gasteiger partial charge in [-0.05, 0) is 19.9 Å². The van der Waals surface area contributed by atoms with Crippen molar-refractivity contribution in [1.29, 1.82) is 0 Å². The van der Waals surface area contributed by atoms with Gasteiger partial charge in [0, 0.05) is 23.9 Å². The van der Waals surface area contributed by atoms with Crippen LogP contribution in [0.5, 0.6) is 0 Å². The van der Waals surface area contributed by atoms with Gasteiger partial charge in [0.1, 0.15) is 12.1 Å². The highest BCUT2D eigenvalue weighted by atomic mass is 19.1. The average Bonchev–Trinajstić information content (AvgIpc) is 2.33. The van der Waals surface area contributed by atoms with E-state index in [1.54, 1.807) is 12.3 Å². The van der Waals surface area contributed by atoms with Crippen LogP contribution in [0.2, 0.25) is 0 Å². The Morgan fingerprint density at radius 3 is 2.88 bits per heavy atom. The first-order chi connectivity index (χ1) is 8.24. The Morgan fingerprint density at radius 2 is 2.18 bits per heavy atom. The zero-order valence-corrected chi connectivity index (χ0v) is 9.74. The lowest BCUT2D eigenvalue weighted by Crippen LogP contribution is -2.04. The third-order valence-electron chi connectivity index (χ3n) is 2.46. The lowest BCUT2D eigenvalue weighted by molar-refractivity contribution is 0.624. The number of aromatic nitrogens is 3. The summed E-state index contributed by atoms with van der Waals surface area (Å²) in [5, 5.41) is 3.12. The van der Waals surface area contributed by atoms with Crippen LogP contribution in [-0.4, -0.2) is 21.5 Å². The van der Waals surface area contributed by atoms with E-state index in [1.807, 2.05) is 13.8 Å². The fraction of sp³-hybridized carbons (Fsp3) is 0.250. The summed E-state index contributed by atoms with van der Waals surface area (Å²) in [5.41, 5.74) is 1.87. The van der Waals surface area contributed by atoms with E-state index in [0.717, 1.165) is 17.9 Å². The molecular formula is C12H13FN4. The second-order valence-electron chi connectivity index (χ2n) is 3.58. The summed E-state index contributed by atoms with van der Waals surface area (Å²) in [7, 11) is 0. The van der Waals surface area contributed by atoms with Crippen LogP contribution in [0.15, 0.2) is 24.8 Å². The zero-order chi connectivity index (χ0) is 12.3. The van der Waals surface area contributed by atoms with Crippen molar-refractivity contribution >= 4 is 5.82 Å². The van der Waals surface area contributed by atoms with Gasteiger partial charge in [-0.15, -0.1) is 0 Å². The molecule has 5 heteroatoms. The molecule has 0 aliphatic carbocycles. The van der Waals surface area contributed by atoms with Crippen molar-refractivity contribution in [3.8, 4) is 11.3 Å². The molecule has 0 saturated heterocycles. The summed E-state index contributed by atoms with van der Waals surface area (Å²) in [5.74, 6) is 0.352. The summed E-state index contributed by atoms with van der Waals surface area (Å²) in [6.07, 6.45) is 4.16. The summed E-state index contributed by atoms with van der Waals surface area (Å²) >= 11 is 0. The van der Waals surface area contributed by atoms with E-state index in [1.165, 1.54) is 12.5 Å². The molecule has 0 aliphatic rings. The topological polar surface area (TPSA) is 50.7 Å². The summed E-state index contributed by atoms with van der Waals surface area (Å²) in [4.78, 5) is 12.0. The van der Waals surface area contributed by atoms with Crippen LogP contribution in [0, 0.1) is 12.7 Å². The van der Waals surface area contributed by atoms with Gasteiger partial charge in [0.05, 0.1) is 11.9 Å². The minimum Gasteiger partial charge on any atom is -0.370 e. The molecule has 2 rings (SSSR count). The van der Waals surface area contributed by atoms with Gasteiger partial charge < -0.3 is 5.32 Å². The van der Waals surface area contributed by atoms with Crippen molar-refractivity contribution in [3.63, 3.8) is 0 Å². The molecule has 0 saturated carbocycles. The maximum Gasteiger partial charge on any atom is 0.150 e. The van der Waals surface area contributed by atoms with E-state index in [-0.39, 0.29) is 5.82 Å². The molecule has 0 unspecified atom stereocenters. The smallest absolute Gasteiger partial charge is 0.150 e. The van der Waals surface area contributed by atoms with Crippen LogP contribution >= 0.6 is 0 Å². The maximum absolute atomic E-state index is 13.6. The van der Waals surface area contributed by atoms with Gasteiger partial charge in [-0.2, -0.15) is 0 Å². The molecule has 0 bridgehead atoms. The van der Waals surface area contributed by atoms with Crippen molar-refractivity contribution < 1.29 is 4.39 Å². The Hall–Kier alpha value is -2.04. The van der Waals surface area contributed by atoms with Gasteiger partial charge in [-0.25, -0.2) is 14.4 Å². The number of rotatable bonds is 3. The van der Waals surface area contributed by atoms with E-state index < -0.39 is 0 Å². The van der Waals surface area contributed by atoms with E-state index in [9.17, 15) is 4.39 Å². The Morgan fingerprint density at radius 1 is 1.35 bits per heavy atom. The number of halogens is 1. The summed E-state index contributed by atoms with van der Waals surface area (Å²) in [6, 6.07) is 1.61. The first kappa shape index (κ1) is 11.4. The van der Waals surface area contributed by atoms with Crippen molar-refractivity contribution in [2.75, 3.05) is 11.9 Å². The summed E-state index contributed by atoms with van der Waals surface area (Å²) < 4.78 is 13.6. The molecule has 2 aromatic rings. The Kier molecular flexibility index (Phi) is 3.27. The molecule has 0 aromatic carbocycles. The maximum atomic E-state index is 13.6. The van der Waals surface area contributed by atoms with Crippen LogP contribution in [0.4, 0.5) is 10.2 Å². The van der Waals surface area contributed by atoms with E-state index in [0.29, 0.717) is 11.3 Å². The van der Waals surface area contributed by atoms with Gasteiger partial charge in [-0.3, -0.25) is 4.98 Å². The number of nitrogens with one attached hydrogen (secondary N) is 1. The lowest BCUT2D eigenvalue weighted by Gasteiger charge is -2.10. The van der Waals surface area contributed by atoms with E-state index in [2.05, 4.69) is 20.3 Å². The molecular weight excluding hydrogens is 219 g/mol. The quantitative estimate of drug-likeness (QED) is 0.883. The van der Waals surface area contributed by atoms with Gasteiger partial charge in [0.25, 0.3) is 0 Å². The largest absolute Gasteiger partial charge is 0.370 e. The SMILES string of the molecule is CCNc1ncnc(-c2ccncc2F)c1C. The molecule has 17 heavy (non-hydrogen) atoms. The van der Waals surface area contributed by atoms with E-state index in [4.69, 9.17) is 0 Å². The first-order valence-electron chi connectivity index (χ1n) is 5.39. The first-order valence-corrected chi connectivity index (χ1v) is 5.39. The Labute approximate surface area is 99.0 Å². The molecule has 88 valence electrons. The predicted molar refractivity (Wildman–Crippen MR) is 64.1 cm³/mol. The van der Waals surface area contributed by atoms with E-state index >= 15 is 0 Å². The molecule has 4 nitrogen and oxygen atoms in total. The normalized spacial score (nSPS) is 10.3. The summed E-state index contributed by atoms with van der Waals surface area (Å²) in [6.45, 7) is 4.61. The second kappa shape index (κ2) is 4.86. The molecule has 0 spiro atoms. The lowest BCUT2D eigenvalue weighted by atomic mass is 10.1. The van der Waals surface area contributed by atoms with Gasteiger partial charge in [0.2, 0.25) is 0 Å². The van der Waals surface area contributed by atoms with Crippen molar-refractivity contribution in [3.05, 3.63) is 36.2 Å². The minimum absolute atomic E-state index is 0.378. The van der Waals surface area contributed by atoms with Crippen LogP contribution in [0.25, 0.3) is 11.3 Å². The molecule has 2 heterocycles. The molecule has 2 aromatic heterocycles. The van der Waals surface area contributed by atoms with Gasteiger partial charge in [-0.1, -0.05) is 0 Å². The Balaban J connectivity index is 2.53. The predicted octanol–water partition coefficient (Wildman–Crippen LogP) is 2.42. The van der Waals surface area contributed by atoms with Gasteiger partial charge >= 0.3 is 0 Å². The van der Waals surface area contributed by atoms with Crippen molar-refractivity contribution in [2.45, 2.75) is 13.8 Å². The molecule has 0 aliphatic heterocycles. The Bertz CT molecular complexity index is 528. The fourth-order valence-electron chi connectivity index (χ4n) is 1.63. The van der Waals surface area contributed by atoms with Crippen LogP contribution in [0.1, 0.15) is 12.5 Å².